The quantitative estimate of drug-likeness (QED) is 0.616. The van der Waals surface area contributed by atoms with E-state index in [1.54, 1.807) is 38.1 Å². The van der Waals surface area contributed by atoms with Crippen molar-refractivity contribution in [3.05, 3.63) is 29.8 Å². The average molecular weight is 294 g/mol. The topological polar surface area (TPSA) is 43.4 Å². The number of hydrogen-bond donors (Lipinski definition) is 0. The van der Waals surface area contributed by atoms with Crippen molar-refractivity contribution < 1.29 is 12.6 Å². The highest BCUT2D eigenvalue weighted by atomic mass is 32.2. The molecule has 0 aliphatic heterocycles. The van der Waals surface area contributed by atoms with Crippen LogP contribution in [0, 0.1) is 24.7 Å². The fraction of sp³-hybridized carbons (Fsp3) is 0.500. The lowest BCUT2D eigenvalue weighted by Gasteiger charge is -2.30. The molecular weight excluding hydrogens is 272 g/mol. The van der Waals surface area contributed by atoms with E-state index in [-0.39, 0.29) is 4.90 Å². The van der Waals surface area contributed by atoms with Gasteiger partial charge in [0, 0.05) is 5.41 Å². The number of hydrogen-bond acceptors (Lipinski definition) is 3. The van der Waals surface area contributed by atoms with E-state index in [1.807, 2.05) is 20.8 Å². The molecule has 1 aromatic carbocycles. The largest absolute Gasteiger partial charge is 0.297 e. The third-order valence-electron chi connectivity index (χ3n) is 2.90. The van der Waals surface area contributed by atoms with Gasteiger partial charge in [0.25, 0.3) is 10.1 Å². The van der Waals surface area contributed by atoms with Crippen LogP contribution in [0.5, 0.6) is 0 Å². The maximum atomic E-state index is 12.3. The summed E-state index contributed by atoms with van der Waals surface area (Å²) in [4.78, 5) is 0.162. The van der Waals surface area contributed by atoms with Crippen LogP contribution in [0.1, 0.15) is 39.7 Å². The Labute approximate surface area is 122 Å². The van der Waals surface area contributed by atoms with Crippen LogP contribution >= 0.6 is 0 Å². The molecule has 0 amide bonds. The maximum absolute atomic E-state index is 12.3. The summed E-state index contributed by atoms with van der Waals surface area (Å²) in [5, 5.41) is 0. The molecule has 0 aliphatic rings. The molecule has 0 N–H and O–H groups in total. The first-order valence-corrected chi connectivity index (χ1v) is 7.88. The number of benzene rings is 1. The Bertz CT molecular complexity index is 602. The second-order valence-corrected chi connectivity index (χ2v) is 7.86. The fourth-order valence-electron chi connectivity index (χ4n) is 2.19. The summed E-state index contributed by atoms with van der Waals surface area (Å²) in [6.45, 7) is 9.14. The molecule has 0 saturated heterocycles. The predicted octanol–water partition coefficient (Wildman–Crippen LogP) is 3.53. The van der Waals surface area contributed by atoms with Crippen LogP contribution in [0.25, 0.3) is 0 Å². The molecule has 20 heavy (non-hydrogen) atoms. The third-order valence-corrected chi connectivity index (χ3v) is 4.42. The lowest BCUT2D eigenvalue weighted by molar-refractivity contribution is 0.0796. The zero-order chi connectivity index (χ0) is 15.6. The van der Waals surface area contributed by atoms with Crippen LogP contribution in [-0.4, -0.2) is 14.0 Å². The minimum atomic E-state index is -3.78. The lowest BCUT2D eigenvalue weighted by atomic mass is 9.83. The van der Waals surface area contributed by atoms with Gasteiger partial charge in [-0.3, -0.25) is 4.18 Å². The maximum Gasteiger partial charge on any atom is 0.297 e. The second-order valence-electron chi connectivity index (χ2n) is 6.32. The van der Waals surface area contributed by atoms with E-state index in [0.29, 0.717) is 6.42 Å². The number of rotatable bonds is 5. The van der Waals surface area contributed by atoms with Crippen molar-refractivity contribution >= 4 is 10.1 Å². The summed E-state index contributed by atoms with van der Waals surface area (Å²) in [5.74, 6) is 2.66. The van der Waals surface area contributed by atoms with E-state index in [4.69, 9.17) is 10.6 Å². The van der Waals surface area contributed by atoms with Gasteiger partial charge in [-0.25, -0.2) is 0 Å². The molecule has 1 rings (SSSR count). The molecule has 0 aromatic heterocycles. The molecule has 0 atom stereocenters. The molecule has 0 unspecified atom stereocenters. The summed E-state index contributed by atoms with van der Waals surface area (Å²) in [7, 11) is -3.78. The first-order valence-electron chi connectivity index (χ1n) is 6.48. The highest BCUT2D eigenvalue weighted by Crippen LogP contribution is 2.32. The van der Waals surface area contributed by atoms with Gasteiger partial charge in [-0.2, -0.15) is 8.42 Å². The molecule has 3 nitrogen and oxygen atoms in total. The van der Waals surface area contributed by atoms with Crippen molar-refractivity contribution in [2.24, 2.45) is 5.41 Å². The van der Waals surface area contributed by atoms with Gasteiger partial charge in [0.1, 0.15) is 0 Å². The van der Waals surface area contributed by atoms with Gasteiger partial charge in [0.2, 0.25) is 0 Å². The zero-order valence-electron chi connectivity index (χ0n) is 12.7. The van der Waals surface area contributed by atoms with Crippen molar-refractivity contribution in [3.8, 4) is 12.3 Å². The van der Waals surface area contributed by atoms with Crippen LogP contribution in [0.4, 0.5) is 0 Å². The molecule has 0 spiro atoms. The molecule has 1 aromatic rings. The van der Waals surface area contributed by atoms with Gasteiger partial charge in [0.15, 0.2) is 0 Å². The van der Waals surface area contributed by atoms with E-state index in [1.165, 1.54) is 0 Å². The smallest absolute Gasteiger partial charge is 0.260 e. The van der Waals surface area contributed by atoms with Crippen molar-refractivity contribution in [2.75, 3.05) is 0 Å². The Balaban J connectivity index is 2.96. The van der Waals surface area contributed by atoms with Crippen LogP contribution in [0.2, 0.25) is 0 Å². The summed E-state index contributed by atoms with van der Waals surface area (Å²) >= 11 is 0. The molecule has 0 aliphatic carbocycles. The Kier molecular flexibility index (Phi) is 4.68. The zero-order valence-corrected chi connectivity index (χ0v) is 13.5. The Hall–Kier alpha value is -1.31. The van der Waals surface area contributed by atoms with Crippen molar-refractivity contribution in [1.82, 2.24) is 0 Å². The number of terminal acetylenes is 1. The lowest BCUT2D eigenvalue weighted by Crippen LogP contribution is -2.33. The van der Waals surface area contributed by atoms with E-state index in [9.17, 15) is 8.42 Å². The van der Waals surface area contributed by atoms with E-state index in [2.05, 4.69) is 5.92 Å². The highest BCUT2D eigenvalue weighted by molar-refractivity contribution is 7.86. The van der Waals surface area contributed by atoms with Crippen molar-refractivity contribution in [3.63, 3.8) is 0 Å². The molecule has 0 saturated carbocycles. The van der Waals surface area contributed by atoms with Gasteiger partial charge >= 0.3 is 0 Å². The van der Waals surface area contributed by atoms with Gasteiger partial charge in [0.05, 0.1) is 10.5 Å². The molecule has 0 heterocycles. The minimum absolute atomic E-state index is 0.162. The first-order chi connectivity index (χ1) is 8.97. The number of aryl methyl sites for hydroxylation is 1. The summed E-state index contributed by atoms with van der Waals surface area (Å²) in [5.41, 5.74) is -0.289. The van der Waals surface area contributed by atoms with Crippen LogP contribution in [0.15, 0.2) is 29.2 Å². The minimum Gasteiger partial charge on any atom is -0.260 e. The molecule has 0 bridgehead atoms. The van der Waals surface area contributed by atoms with Gasteiger partial charge in [-0.15, -0.1) is 12.3 Å². The monoisotopic (exact) mass is 294 g/mol. The summed E-state index contributed by atoms with van der Waals surface area (Å²) in [6, 6.07) is 6.59. The average Bonchev–Trinajstić information content (AvgIpc) is 2.26. The normalized spacial score (nSPS) is 13.0. The van der Waals surface area contributed by atoms with E-state index < -0.39 is 21.1 Å². The SMILES string of the molecule is C#CC(C)(C)CC(C)(C)OS(=O)(=O)c1ccc(C)cc1. The van der Waals surface area contributed by atoms with E-state index in [0.717, 1.165) is 5.56 Å². The van der Waals surface area contributed by atoms with Crippen LogP contribution in [0.3, 0.4) is 0 Å². The van der Waals surface area contributed by atoms with Crippen LogP contribution < -0.4 is 0 Å². The Morgan fingerprint density at radius 1 is 1.15 bits per heavy atom. The molecule has 0 fully saturated rings. The van der Waals surface area contributed by atoms with Crippen molar-refractivity contribution in [2.45, 2.75) is 51.5 Å². The Morgan fingerprint density at radius 2 is 1.65 bits per heavy atom. The van der Waals surface area contributed by atoms with Gasteiger partial charge in [-0.05, 0) is 53.2 Å². The highest BCUT2D eigenvalue weighted by Gasteiger charge is 2.33. The summed E-state index contributed by atoms with van der Waals surface area (Å²) < 4.78 is 29.9. The predicted molar refractivity (Wildman–Crippen MR) is 80.8 cm³/mol. The van der Waals surface area contributed by atoms with Crippen molar-refractivity contribution in [1.29, 1.82) is 0 Å². The second kappa shape index (κ2) is 5.59. The Morgan fingerprint density at radius 3 is 2.10 bits per heavy atom. The molecule has 4 heteroatoms. The fourth-order valence-corrected chi connectivity index (χ4v) is 3.41. The molecule has 110 valence electrons. The molecular formula is C16H22O3S. The molecule has 0 radical (unpaired) electrons. The first kappa shape index (κ1) is 16.7. The van der Waals surface area contributed by atoms with Crippen LogP contribution in [-0.2, 0) is 14.3 Å². The summed E-state index contributed by atoms with van der Waals surface area (Å²) in [6.07, 6.45) is 5.90. The van der Waals surface area contributed by atoms with Gasteiger partial charge in [-0.1, -0.05) is 17.7 Å². The third kappa shape index (κ3) is 4.66. The van der Waals surface area contributed by atoms with Gasteiger partial charge < -0.3 is 0 Å². The standard InChI is InChI=1S/C16H22O3S/c1-7-15(3,4)12-16(5,6)19-20(17,18)14-10-8-13(2)9-11-14/h1,8-11H,12H2,2-6H3. The van der Waals surface area contributed by atoms with E-state index >= 15 is 0 Å².